The number of H-pyrrole nitrogens is 1. The van der Waals surface area contributed by atoms with Gasteiger partial charge in [0, 0.05) is 34.0 Å². The van der Waals surface area contributed by atoms with Crippen molar-refractivity contribution in [1.29, 1.82) is 0 Å². The molecule has 9 heteroatoms. The van der Waals surface area contributed by atoms with Crippen LogP contribution in [0, 0.1) is 13.8 Å². The lowest BCUT2D eigenvalue weighted by atomic mass is 10.0. The highest BCUT2D eigenvalue weighted by Crippen LogP contribution is 2.36. The van der Waals surface area contributed by atoms with E-state index in [9.17, 15) is 18.0 Å². The van der Waals surface area contributed by atoms with Crippen molar-refractivity contribution in [2.45, 2.75) is 43.5 Å². The monoisotopic (exact) mass is 459 g/mol. The molecule has 4 rings (SSSR count). The molecule has 0 bridgehead atoms. The molecule has 0 aliphatic carbocycles. The first kappa shape index (κ1) is 22.1. The number of alkyl halides is 3. The van der Waals surface area contributed by atoms with Gasteiger partial charge in [-0.3, -0.25) is 9.79 Å². The molecule has 0 amide bonds. The topological polar surface area (TPSA) is 78.3 Å². The third-order valence-electron chi connectivity index (χ3n) is 5.28. The van der Waals surface area contributed by atoms with Gasteiger partial charge in [0.1, 0.15) is 5.82 Å². The fourth-order valence-electron chi connectivity index (χ4n) is 3.61. The second-order valence-corrected chi connectivity index (χ2v) is 8.73. The van der Waals surface area contributed by atoms with Crippen LogP contribution in [0.4, 0.5) is 18.9 Å². The highest BCUT2D eigenvalue weighted by Gasteiger charge is 2.30. The van der Waals surface area contributed by atoms with E-state index in [0.717, 1.165) is 45.2 Å². The highest BCUT2D eigenvalue weighted by atomic mass is 32.2. The van der Waals surface area contributed by atoms with Crippen LogP contribution in [0.25, 0.3) is 11.4 Å². The van der Waals surface area contributed by atoms with Gasteiger partial charge in [0.15, 0.2) is 0 Å². The Balaban J connectivity index is 1.49. The molecule has 0 unspecified atom stereocenters. The molecule has 1 aromatic heterocycles. The number of fused-ring (bicyclic) bond motifs is 1. The van der Waals surface area contributed by atoms with Crippen molar-refractivity contribution in [3.05, 3.63) is 64.5 Å². The number of aliphatic imine (C=N–C) groups is 1. The first-order valence-corrected chi connectivity index (χ1v) is 10.9. The van der Waals surface area contributed by atoms with Crippen LogP contribution in [0.1, 0.15) is 34.5 Å². The number of imidazole rings is 1. The Bertz CT molecular complexity index is 1210. The zero-order valence-electron chi connectivity index (χ0n) is 17.4. The Kier molecular flexibility index (Phi) is 5.85. The number of hydrogen-bond donors (Lipinski definition) is 2. The first-order valence-electron chi connectivity index (χ1n) is 9.88. The van der Waals surface area contributed by atoms with Crippen molar-refractivity contribution in [3.8, 4) is 11.4 Å². The summed E-state index contributed by atoms with van der Waals surface area (Å²) < 4.78 is 38.3. The summed E-state index contributed by atoms with van der Waals surface area (Å²) in [5, 5.41) is 9.00. The molecule has 3 aromatic rings. The van der Waals surface area contributed by atoms with E-state index in [0.29, 0.717) is 29.3 Å². The molecule has 166 valence electrons. The summed E-state index contributed by atoms with van der Waals surface area (Å²) in [7, 11) is 0. The van der Waals surface area contributed by atoms with E-state index < -0.39 is 17.7 Å². The number of aliphatic carboxylic acids is 1. The number of hydrogen-bond acceptors (Lipinski definition) is 4. The van der Waals surface area contributed by atoms with Crippen LogP contribution in [0.5, 0.6) is 0 Å². The maximum absolute atomic E-state index is 12.8. The number of aromatic amines is 1. The van der Waals surface area contributed by atoms with E-state index in [1.54, 1.807) is 11.8 Å². The van der Waals surface area contributed by atoms with Gasteiger partial charge >= 0.3 is 12.1 Å². The number of carbonyl (C=O) groups is 1. The fourth-order valence-corrected chi connectivity index (χ4v) is 4.65. The van der Waals surface area contributed by atoms with Crippen LogP contribution in [0.2, 0.25) is 0 Å². The highest BCUT2D eigenvalue weighted by molar-refractivity contribution is 7.98. The van der Waals surface area contributed by atoms with Crippen molar-refractivity contribution in [2.24, 2.45) is 4.99 Å². The van der Waals surface area contributed by atoms with Crippen LogP contribution >= 0.6 is 11.8 Å². The number of thioether (sulfide) groups is 1. The summed E-state index contributed by atoms with van der Waals surface area (Å²) in [6, 6.07) is 8.94. The van der Waals surface area contributed by atoms with Gasteiger partial charge in [-0.25, -0.2) is 4.98 Å². The zero-order valence-corrected chi connectivity index (χ0v) is 18.2. The summed E-state index contributed by atoms with van der Waals surface area (Å²) in [6.07, 6.45) is -3.87. The van der Waals surface area contributed by atoms with Gasteiger partial charge < -0.3 is 10.1 Å². The second kappa shape index (κ2) is 8.46. The van der Waals surface area contributed by atoms with Gasteiger partial charge in [-0.15, -0.1) is 11.8 Å². The predicted octanol–water partition coefficient (Wildman–Crippen LogP) is 6.11. The smallest absolute Gasteiger partial charge is 0.416 e. The summed E-state index contributed by atoms with van der Waals surface area (Å²) in [4.78, 5) is 24.2. The Morgan fingerprint density at radius 1 is 1.19 bits per heavy atom. The Labute approximate surface area is 186 Å². The van der Waals surface area contributed by atoms with E-state index >= 15 is 0 Å². The third-order valence-corrected chi connectivity index (χ3v) is 6.27. The van der Waals surface area contributed by atoms with E-state index in [1.165, 1.54) is 12.1 Å². The molecular formula is C23H20F3N3O2S. The van der Waals surface area contributed by atoms with Crippen molar-refractivity contribution < 1.29 is 23.1 Å². The maximum Gasteiger partial charge on any atom is 0.416 e. The molecule has 1 aliphatic rings. The number of rotatable bonds is 6. The Morgan fingerprint density at radius 2 is 1.91 bits per heavy atom. The lowest BCUT2D eigenvalue weighted by Crippen LogP contribution is -2.06. The van der Waals surface area contributed by atoms with Gasteiger partial charge in [-0.2, -0.15) is 13.2 Å². The van der Waals surface area contributed by atoms with Crippen LogP contribution in [0.3, 0.4) is 0 Å². The molecule has 0 radical (unpaired) electrons. The number of carboxylic acids is 1. The number of aromatic nitrogens is 2. The number of halogens is 3. The maximum atomic E-state index is 12.8. The van der Waals surface area contributed by atoms with E-state index in [-0.39, 0.29) is 6.42 Å². The average molecular weight is 459 g/mol. The average Bonchev–Trinajstić information content (AvgIpc) is 3.28. The molecule has 0 spiro atoms. The van der Waals surface area contributed by atoms with Crippen LogP contribution < -0.4 is 0 Å². The first-order chi connectivity index (χ1) is 15.1. The number of carboxylic acid groups (broad SMARTS) is 1. The number of nitrogens with zero attached hydrogens (tertiary/aromatic N) is 2. The van der Waals surface area contributed by atoms with Crippen LogP contribution in [-0.2, 0) is 23.1 Å². The summed E-state index contributed by atoms with van der Waals surface area (Å²) in [5.74, 6) is 0.217. The van der Waals surface area contributed by atoms with Crippen LogP contribution in [0.15, 0.2) is 46.3 Å². The van der Waals surface area contributed by atoms with Crippen molar-refractivity contribution >= 4 is 29.1 Å². The largest absolute Gasteiger partial charge is 0.481 e. The number of aryl methyl sites for hydroxylation is 2. The van der Waals surface area contributed by atoms with E-state index in [1.807, 2.05) is 19.9 Å². The Morgan fingerprint density at radius 3 is 2.56 bits per heavy atom. The SMILES string of the molecule is Cc1cc(SCc2nc(-c3ccc(C(F)(F)F)cc3)[nH]c2C)cc2c1CC(CC(=O)O)=N2. The molecule has 0 saturated carbocycles. The molecular weight excluding hydrogens is 439 g/mol. The summed E-state index contributed by atoms with van der Waals surface area (Å²) >= 11 is 1.58. The molecule has 1 aliphatic heterocycles. The second-order valence-electron chi connectivity index (χ2n) is 7.68. The normalized spacial score (nSPS) is 13.2. The van der Waals surface area contributed by atoms with Crippen molar-refractivity contribution in [2.75, 3.05) is 0 Å². The van der Waals surface area contributed by atoms with Crippen molar-refractivity contribution in [3.63, 3.8) is 0 Å². The molecule has 32 heavy (non-hydrogen) atoms. The number of nitrogens with one attached hydrogen (secondary N) is 1. The predicted molar refractivity (Wildman–Crippen MR) is 118 cm³/mol. The lowest BCUT2D eigenvalue weighted by Gasteiger charge is -2.07. The lowest BCUT2D eigenvalue weighted by molar-refractivity contribution is -0.137. The summed E-state index contributed by atoms with van der Waals surface area (Å²) in [5.41, 5.74) is 5.16. The molecule has 5 nitrogen and oxygen atoms in total. The minimum absolute atomic E-state index is 0.0597. The minimum Gasteiger partial charge on any atom is -0.481 e. The van der Waals surface area contributed by atoms with E-state index in [4.69, 9.17) is 5.11 Å². The quantitative estimate of drug-likeness (QED) is 0.436. The van der Waals surface area contributed by atoms with Crippen molar-refractivity contribution in [1.82, 2.24) is 9.97 Å². The molecule has 2 aromatic carbocycles. The third kappa shape index (κ3) is 4.72. The molecule has 2 heterocycles. The standard InChI is InChI=1S/C23H20F3N3O2S/c1-12-7-17(10-19-18(12)8-16(28-19)9-21(30)31)32-11-20-13(2)27-22(29-20)14-3-5-15(6-4-14)23(24,25)26/h3-7,10H,8-9,11H2,1-2H3,(H,27,29)(H,30,31). The molecule has 0 atom stereocenters. The molecule has 2 N–H and O–H groups in total. The minimum atomic E-state index is -4.37. The van der Waals surface area contributed by atoms with Gasteiger partial charge in [0.25, 0.3) is 0 Å². The number of benzene rings is 2. The van der Waals surface area contributed by atoms with Gasteiger partial charge in [0.05, 0.1) is 23.4 Å². The zero-order chi connectivity index (χ0) is 23.0. The summed E-state index contributed by atoms with van der Waals surface area (Å²) in [6.45, 7) is 3.87. The van der Waals surface area contributed by atoms with Gasteiger partial charge in [-0.05, 0) is 49.2 Å². The van der Waals surface area contributed by atoms with Gasteiger partial charge in [0.2, 0.25) is 0 Å². The van der Waals surface area contributed by atoms with Gasteiger partial charge in [-0.1, -0.05) is 12.1 Å². The molecule has 0 fully saturated rings. The van der Waals surface area contributed by atoms with E-state index in [2.05, 4.69) is 21.0 Å². The fraction of sp³-hybridized carbons (Fsp3) is 0.261. The molecule has 0 saturated heterocycles. The Hall–Kier alpha value is -3.07. The van der Waals surface area contributed by atoms with Crippen LogP contribution in [-0.4, -0.2) is 26.8 Å².